The maximum atomic E-state index is 10.9. The minimum absolute atomic E-state index is 0.0311. The van der Waals surface area contributed by atoms with E-state index in [2.05, 4.69) is 0 Å². The van der Waals surface area contributed by atoms with Crippen LogP contribution in [-0.2, 0) is 12.0 Å². The smallest absolute Gasteiger partial charge is 0.231 e. The molecule has 0 amide bonds. The largest absolute Gasteiger partial charge is 0.508 e. The van der Waals surface area contributed by atoms with Crippen molar-refractivity contribution in [1.82, 2.24) is 0 Å². The number of hydrogen-bond donors (Lipinski definition) is 3. The van der Waals surface area contributed by atoms with E-state index in [0.717, 1.165) is 5.56 Å². The van der Waals surface area contributed by atoms with E-state index in [1.54, 1.807) is 12.1 Å². The van der Waals surface area contributed by atoms with Gasteiger partial charge in [-0.25, -0.2) is 0 Å². The average molecular weight is 302 g/mol. The number of benzene rings is 2. The highest BCUT2D eigenvalue weighted by Crippen LogP contribution is 2.45. The molecule has 0 radical (unpaired) electrons. The highest BCUT2D eigenvalue weighted by atomic mass is 16.7. The predicted molar refractivity (Wildman–Crippen MR) is 75.4 cm³/mol. The second kappa shape index (κ2) is 4.45. The SMILES string of the molecule is Oc1ccc2c(c1)OC[C@@](O)(c1cc3c(cc1O)OCO3)C2. The lowest BCUT2D eigenvalue weighted by atomic mass is 9.85. The van der Waals surface area contributed by atoms with Gasteiger partial charge in [0, 0.05) is 24.1 Å². The summed E-state index contributed by atoms with van der Waals surface area (Å²) in [5, 5.41) is 30.6. The Hall–Kier alpha value is -2.60. The Balaban J connectivity index is 1.75. The fraction of sp³-hybridized carbons (Fsp3) is 0.250. The number of phenols is 2. The maximum absolute atomic E-state index is 10.9. The Bertz CT molecular complexity index is 757. The number of aromatic hydroxyl groups is 2. The standard InChI is InChI=1S/C16H14O6/c17-10-2-1-9-6-16(19,7-20-13(9)3-10)11-4-14-15(5-12(11)18)22-8-21-14/h1-5,17-19H,6-8H2/t16-/m1/s1. The van der Waals surface area contributed by atoms with Crippen LogP contribution in [0.2, 0.25) is 0 Å². The first-order chi connectivity index (χ1) is 10.5. The van der Waals surface area contributed by atoms with Gasteiger partial charge < -0.3 is 29.5 Å². The van der Waals surface area contributed by atoms with E-state index >= 15 is 0 Å². The molecule has 3 N–H and O–H groups in total. The van der Waals surface area contributed by atoms with Crippen LogP contribution in [0.3, 0.4) is 0 Å². The lowest BCUT2D eigenvalue weighted by molar-refractivity contribution is -0.0234. The highest BCUT2D eigenvalue weighted by molar-refractivity contribution is 5.54. The Labute approximate surface area is 126 Å². The van der Waals surface area contributed by atoms with Crippen molar-refractivity contribution >= 4 is 0 Å². The molecular formula is C16H14O6. The molecule has 0 aromatic heterocycles. The third-order valence-corrected chi connectivity index (χ3v) is 3.99. The molecule has 1 atom stereocenters. The molecule has 2 aliphatic heterocycles. The Morgan fingerprint density at radius 1 is 0.909 bits per heavy atom. The van der Waals surface area contributed by atoms with Crippen molar-refractivity contribution in [2.45, 2.75) is 12.0 Å². The lowest BCUT2D eigenvalue weighted by Crippen LogP contribution is -2.38. The summed E-state index contributed by atoms with van der Waals surface area (Å²) in [4.78, 5) is 0. The van der Waals surface area contributed by atoms with E-state index in [4.69, 9.17) is 14.2 Å². The summed E-state index contributed by atoms with van der Waals surface area (Å²) < 4.78 is 16.1. The number of aliphatic hydroxyl groups is 1. The predicted octanol–water partition coefficient (Wildman–Crippen LogP) is 1.65. The van der Waals surface area contributed by atoms with Crippen LogP contribution in [-0.4, -0.2) is 28.7 Å². The van der Waals surface area contributed by atoms with Crippen molar-refractivity contribution in [3.63, 3.8) is 0 Å². The van der Waals surface area contributed by atoms with Crippen molar-refractivity contribution in [1.29, 1.82) is 0 Å². The van der Waals surface area contributed by atoms with Crippen LogP contribution in [0.15, 0.2) is 30.3 Å². The zero-order valence-corrected chi connectivity index (χ0v) is 11.6. The van der Waals surface area contributed by atoms with E-state index < -0.39 is 5.60 Å². The van der Waals surface area contributed by atoms with Crippen LogP contribution in [0, 0.1) is 0 Å². The molecular weight excluding hydrogens is 288 g/mol. The van der Waals surface area contributed by atoms with Crippen LogP contribution in [0.25, 0.3) is 0 Å². The number of ether oxygens (including phenoxy) is 3. The molecule has 0 aliphatic carbocycles. The molecule has 0 fully saturated rings. The molecule has 2 aromatic carbocycles. The van der Waals surface area contributed by atoms with Crippen LogP contribution < -0.4 is 14.2 Å². The van der Waals surface area contributed by atoms with Gasteiger partial charge in [0.2, 0.25) is 6.79 Å². The van der Waals surface area contributed by atoms with Crippen molar-refractivity contribution in [2.24, 2.45) is 0 Å². The fourth-order valence-electron chi connectivity index (χ4n) is 2.86. The summed E-state index contributed by atoms with van der Waals surface area (Å²) in [5.74, 6) is 1.50. The zero-order chi connectivity index (χ0) is 15.3. The third-order valence-electron chi connectivity index (χ3n) is 3.99. The van der Waals surface area contributed by atoms with Crippen molar-refractivity contribution < 1.29 is 29.5 Å². The Kier molecular flexibility index (Phi) is 2.65. The van der Waals surface area contributed by atoms with E-state index in [-0.39, 0.29) is 31.3 Å². The molecule has 2 aliphatic rings. The van der Waals surface area contributed by atoms with E-state index in [0.29, 0.717) is 22.8 Å². The second-order valence-electron chi connectivity index (χ2n) is 5.51. The van der Waals surface area contributed by atoms with Crippen LogP contribution in [0.4, 0.5) is 0 Å². The van der Waals surface area contributed by atoms with E-state index in [1.165, 1.54) is 18.2 Å². The third kappa shape index (κ3) is 1.92. The molecule has 0 unspecified atom stereocenters. The minimum Gasteiger partial charge on any atom is -0.508 e. The number of hydrogen-bond acceptors (Lipinski definition) is 6. The van der Waals surface area contributed by atoms with E-state index in [9.17, 15) is 15.3 Å². The first kappa shape index (κ1) is 13.1. The Morgan fingerprint density at radius 2 is 1.68 bits per heavy atom. The summed E-state index contributed by atoms with van der Waals surface area (Å²) in [6.45, 7) is 0.0614. The monoisotopic (exact) mass is 302 g/mol. The normalized spacial score (nSPS) is 22.0. The first-order valence-corrected chi connectivity index (χ1v) is 6.85. The molecule has 22 heavy (non-hydrogen) atoms. The summed E-state index contributed by atoms with van der Waals surface area (Å²) in [6.07, 6.45) is 0.260. The van der Waals surface area contributed by atoms with Crippen molar-refractivity contribution in [3.05, 3.63) is 41.5 Å². The van der Waals surface area contributed by atoms with Crippen LogP contribution in [0.1, 0.15) is 11.1 Å². The maximum Gasteiger partial charge on any atom is 0.231 e. The topological polar surface area (TPSA) is 88.4 Å². The van der Waals surface area contributed by atoms with E-state index in [1.807, 2.05) is 0 Å². The van der Waals surface area contributed by atoms with Crippen LogP contribution >= 0.6 is 0 Å². The molecule has 0 saturated carbocycles. The van der Waals surface area contributed by atoms with Gasteiger partial charge in [0.05, 0.1) is 0 Å². The molecule has 114 valence electrons. The molecule has 0 bridgehead atoms. The van der Waals surface area contributed by atoms with Gasteiger partial charge in [-0.05, 0) is 17.7 Å². The molecule has 6 nitrogen and oxygen atoms in total. The number of phenolic OH excluding ortho intramolecular Hbond substituents is 2. The molecule has 2 aromatic rings. The van der Waals surface area contributed by atoms with Gasteiger partial charge in [-0.3, -0.25) is 0 Å². The van der Waals surface area contributed by atoms with Gasteiger partial charge >= 0.3 is 0 Å². The second-order valence-corrected chi connectivity index (χ2v) is 5.51. The molecule has 4 rings (SSSR count). The van der Waals surface area contributed by atoms with Crippen molar-refractivity contribution in [3.8, 4) is 28.7 Å². The van der Waals surface area contributed by atoms with Gasteiger partial charge in [-0.2, -0.15) is 0 Å². The molecule has 0 spiro atoms. The van der Waals surface area contributed by atoms with Crippen LogP contribution in [0.5, 0.6) is 28.7 Å². The highest BCUT2D eigenvalue weighted by Gasteiger charge is 2.39. The van der Waals surface area contributed by atoms with Gasteiger partial charge in [-0.1, -0.05) is 6.07 Å². The summed E-state index contributed by atoms with van der Waals surface area (Å²) in [5.41, 5.74) is -0.297. The quantitative estimate of drug-likeness (QED) is 0.742. The van der Waals surface area contributed by atoms with Gasteiger partial charge in [-0.15, -0.1) is 0 Å². The van der Waals surface area contributed by atoms with Gasteiger partial charge in [0.1, 0.15) is 29.5 Å². The number of fused-ring (bicyclic) bond motifs is 2. The summed E-state index contributed by atoms with van der Waals surface area (Å²) in [6, 6.07) is 7.75. The molecule has 0 saturated heterocycles. The first-order valence-electron chi connectivity index (χ1n) is 6.85. The van der Waals surface area contributed by atoms with Gasteiger partial charge in [0.25, 0.3) is 0 Å². The average Bonchev–Trinajstić information content (AvgIpc) is 2.94. The molecule has 6 heteroatoms. The molecule has 2 heterocycles. The number of rotatable bonds is 1. The fourth-order valence-corrected chi connectivity index (χ4v) is 2.86. The summed E-state index contributed by atoms with van der Waals surface area (Å²) >= 11 is 0. The van der Waals surface area contributed by atoms with Crippen molar-refractivity contribution in [2.75, 3.05) is 13.4 Å². The lowest BCUT2D eigenvalue weighted by Gasteiger charge is -2.34. The zero-order valence-electron chi connectivity index (χ0n) is 11.6. The van der Waals surface area contributed by atoms with Gasteiger partial charge in [0.15, 0.2) is 11.5 Å². The summed E-state index contributed by atoms with van der Waals surface area (Å²) in [7, 11) is 0. The minimum atomic E-state index is -1.38. The Morgan fingerprint density at radius 3 is 2.50 bits per heavy atom.